The molecule has 3 N–H and O–H groups in total. The van der Waals surface area contributed by atoms with E-state index < -0.39 is 11.5 Å². The maximum absolute atomic E-state index is 11.0. The first kappa shape index (κ1) is 15.5. The number of rotatable bonds is 7. The fraction of sp³-hybridized carbons (Fsp3) is 0.533. The van der Waals surface area contributed by atoms with Crippen LogP contribution in [0.1, 0.15) is 37.3 Å². The molecule has 106 valence electrons. The molecule has 0 saturated carbocycles. The molecule has 0 radical (unpaired) electrons. The van der Waals surface area contributed by atoms with Gasteiger partial charge < -0.3 is 15.6 Å². The second-order valence-electron chi connectivity index (χ2n) is 5.04. The zero-order valence-corrected chi connectivity index (χ0v) is 11.9. The van der Waals surface area contributed by atoms with Crippen LogP contribution in [0.5, 0.6) is 5.75 Å². The summed E-state index contributed by atoms with van der Waals surface area (Å²) in [5.41, 5.74) is 6.97. The number of carboxylic acids is 1. The summed E-state index contributed by atoms with van der Waals surface area (Å²) >= 11 is 0. The van der Waals surface area contributed by atoms with Gasteiger partial charge in [0.1, 0.15) is 11.3 Å². The van der Waals surface area contributed by atoms with Gasteiger partial charge in [0.05, 0.1) is 6.61 Å². The minimum absolute atomic E-state index is 0.420. The molecule has 0 bridgehead atoms. The summed E-state index contributed by atoms with van der Waals surface area (Å²) in [5.74, 6) is -0.0958. The predicted molar refractivity (Wildman–Crippen MR) is 75.5 cm³/mol. The van der Waals surface area contributed by atoms with Crippen molar-refractivity contribution in [2.45, 2.75) is 45.6 Å². The lowest BCUT2D eigenvalue weighted by Crippen LogP contribution is -2.47. The average molecular weight is 265 g/mol. The van der Waals surface area contributed by atoms with Crippen LogP contribution in [0.25, 0.3) is 0 Å². The van der Waals surface area contributed by atoms with Gasteiger partial charge in [-0.25, -0.2) is 0 Å². The first-order chi connectivity index (χ1) is 8.89. The summed E-state index contributed by atoms with van der Waals surface area (Å²) in [6.07, 6.45) is 1.47. The maximum Gasteiger partial charge on any atom is 0.323 e. The summed E-state index contributed by atoms with van der Waals surface area (Å²) in [5, 5.41) is 9.06. The molecule has 1 rings (SSSR count). The molecule has 19 heavy (non-hydrogen) atoms. The molecule has 0 aliphatic heterocycles. The first-order valence-corrected chi connectivity index (χ1v) is 6.61. The largest absolute Gasteiger partial charge is 0.493 e. The lowest BCUT2D eigenvalue weighted by molar-refractivity contribution is -0.143. The number of hydrogen-bond donors (Lipinski definition) is 2. The Balaban J connectivity index is 2.45. The highest BCUT2D eigenvalue weighted by atomic mass is 16.5. The number of carbonyl (C=O) groups is 1. The summed E-state index contributed by atoms with van der Waals surface area (Å²) in [6.45, 7) is 6.31. The molecule has 0 fully saturated rings. The first-order valence-electron chi connectivity index (χ1n) is 6.61. The maximum atomic E-state index is 11.0. The molecule has 0 heterocycles. The fourth-order valence-electron chi connectivity index (χ4n) is 1.97. The van der Waals surface area contributed by atoms with E-state index in [-0.39, 0.29) is 0 Å². The predicted octanol–water partition coefficient (Wildman–Crippen LogP) is 2.65. The minimum atomic E-state index is -1.13. The van der Waals surface area contributed by atoms with Crippen molar-refractivity contribution in [1.29, 1.82) is 0 Å². The van der Waals surface area contributed by atoms with Crippen LogP contribution in [0, 0.1) is 13.8 Å². The lowest BCUT2D eigenvalue weighted by atomic mass is 9.92. The van der Waals surface area contributed by atoms with Crippen LogP contribution >= 0.6 is 0 Å². The Kier molecular flexibility index (Phi) is 5.36. The quantitative estimate of drug-likeness (QED) is 0.743. The molecule has 1 aromatic rings. The van der Waals surface area contributed by atoms with Crippen molar-refractivity contribution in [3.63, 3.8) is 0 Å². The highest BCUT2D eigenvalue weighted by Gasteiger charge is 2.30. The van der Waals surface area contributed by atoms with Gasteiger partial charge in [0, 0.05) is 0 Å². The van der Waals surface area contributed by atoms with E-state index in [2.05, 4.69) is 6.07 Å². The Hall–Kier alpha value is -1.55. The summed E-state index contributed by atoms with van der Waals surface area (Å²) in [4.78, 5) is 11.0. The third-order valence-electron chi connectivity index (χ3n) is 3.41. The van der Waals surface area contributed by atoms with Gasteiger partial charge >= 0.3 is 5.97 Å². The summed E-state index contributed by atoms with van der Waals surface area (Å²) < 4.78 is 5.66. The molecule has 1 unspecified atom stereocenters. The molecular formula is C15H23NO3. The van der Waals surface area contributed by atoms with E-state index in [1.54, 1.807) is 6.92 Å². The number of nitrogens with two attached hydrogens (primary N) is 1. The van der Waals surface area contributed by atoms with Crippen molar-refractivity contribution in [2.75, 3.05) is 6.61 Å². The Labute approximate surface area is 114 Å². The Morgan fingerprint density at radius 1 is 1.42 bits per heavy atom. The Morgan fingerprint density at radius 2 is 2.11 bits per heavy atom. The van der Waals surface area contributed by atoms with Crippen molar-refractivity contribution in [1.82, 2.24) is 0 Å². The van der Waals surface area contributed by atoms with Gasteiger partial charge in [-0.1, -0.05) is 24.6 Å². The van der Waals surface area contributed by atoms with Crippen molar-refractivity contribution in [3.8, 4) is 5.75 Å². The smallest absolute Gasteiger partial charge is 0.323 e. The van der Waals surface area contributed by atoms with Crippen molar-refractivity contribution in [2.24, 2.45) is 5.73 Å². The van der Waals surface area contributed by atoms with Gasteiger partial charge in [0.15, 0.2) is 0 Å². The van der Waals surface area contributed by atoms with Crippen molar-refractivity contribution >= 4 is 5.97 Å². The van der Waals surface area contributed by atoms with Gasteiger partial charge in [0.2, 0.25) is 0 Å². The van der Waals surface area contributed by atoms with Crippen LogP contribution in [0.4, 0.5) is 0 Å². The van der Waals surface area contributed by atoms with E-state index in [0.717, 1.165) is 11.3 Å². The van der Waals surface area contributed by atoms with Gasteiger partial charge in [-0.05, 0) is 44.7 Å². The Bertz CT molecular complexity index is 445. The number of benzene rings is 1. The number of aryl methyl sites for hydroxylation is 2. The topological polar surface area (TPSA) is 72.5 Å². The number of carboxylic acid groups (broad SMARTS) is 1. The van der Waals surface area contributed by atoms with Crippen LogP contribution < -0.4 is 10.5 Å². The van der Waals surface area contributed by atoms with E-state index in [1.165, 1.54) is 5.56 Å². The molecule has 0 saturated heterocycles. The van der Waals surface area contributed by atoms with Crippen LogP contribution in [-0.4, -0.2) is 23.2 Å². The van der Waals surface area contributed by atoms with Gasteiger partial charge in [-0.2, -0.15) is 0 Å². The molecule has 0 aromatic heterocycles. The molecule has 1 aromatic carbocycles. The lowest BCUT2D eigenvalue weighted by Gasteiger charge is -2.22. The highest BCUT2D eigenvalue weighted by Crippen LogP contribution is 2.20. The van der Waals surface area contributed by atoms with Gasteiger partial charge in [0.25, 0.3) is 0 Å². The zero-order chi connectivity index (χ0) is 14.5. The van der Waals surface area contributed by atoms with E-state index in [0.29, 0.717) is 25.9 Å². The molecule has 0 amide bonds. The Morgan fingerprint density at radius 3 is 2.63 bits per heavy atom. The minimum Gasteiger partial charge on any atom is -0.493 e. The fourth-order valence-corrected chi connectivity index (χ4v) is 1.97. The SMILES string of the molecule is CCC(N)(CCCOc1ccc(C)cc1C)C(=O)O. The van der Waals surface area contributed by atoms with E-state index >= 15 is 0 Å². The molecule has 0 spiro atoms. The second-order valence-corrected chi connectivity index (χ2v) is 5.04. The monoisotopic (exact) mass is 265 g/mol. The standard InChI is InChI=1S/C15H23NO3/c1-4-15(16,14(17)18)8-5-9-19-13-7-6-11(2)10-12(13)3/h6-7,10H,4-5,8-9,16H2,1-3H3,(H,17,18). The van der Waals surface area contributed by atoms with Crippen LogP contribution in [0.15, 0.2) is 18.2 Å². The number of aliphatic carboxylic acids is 1. The van der Waals surface area contributed by atoms with Gasteiger partial charge in [-0.3, -0.25) is 4.79 Å². The molecule has 4 nitrogen and oxygen atoms in total. The summed E-state index contributed by atoms with van der Waals surface area (Å²) in [7, 11) is 0. The van der Waals surface area contributed by atoms with E-state index in [1.807, 2.05) is 26.0 Å². The van der Waals surface area contributed by atoms with E-state index in [4.69, 9.17) is 15.6 Å². The van der Waals surface area contributed by atoms with Gasteiger partial charge in [-0.15, -0.1) is 0 Å². The van der Waals surface area contributed by atoms with Crippen LogP contribution in [-0.2, 0) is 4.79 Å². The van der Waals surface area contributed by atoms with Crippen molar-refractivity contribution < 1.29 is 14.6 Å². The third kappa shape index (κ3) is 4.24. The second kappa shape index (κ2) is 6.57. The average Bonchev–Trinajstić information content (AvgIpc) is 2.36. The molecule has 1 atom stereocenters. The highest BCUT2D eigenvalue weighted by molar-refractivity contribution is 5.78. The van der Waals surface area contributed by atoms with Crippen LogP contribution in [0.2, 0.25) is 0 Å². The number of ether oxygens (including phenoxy) is 1. The molecule has 0 aliphatic rings. The molecule has 0 aliphatic carbocycles. The summed E-state index contributed by atoms with van der Waals surface area (Å²) in [6, 6.07) is 6.00. The van der Waals surface area contributed by atoms with E-state index in [9.17, 15) is 4.79 Å². The van der Waals surface area contributed by atoms with Crippen LogP contribution in [0.3, 0.4) is 0 Å². The molecule has 4 heteroatoms. The zero-order valence-electron chi connectivity index (χ0n) is 11.9. The number of hydrogen-bond acceptors (Lipinski definition) is 3. The molecular weight excluding hydrogens is 242 g/mol. The third-order valence-corrected chi connectivity index (χ3v) is 3.41. The normalized spacial score (nSPS) is 13.9. The van der Waals surface area contributed by atoms with Crippen molar-refractivity contribution in [3.05, 3.63) is 29.3 Å².